The molecule has 7 heteroatoms. The molecule has 0 radical (unpaired) electrons. The number of nitrogens with zero attached hydrogens (tertiary/aromatic N) is 1. The van der Waals surface area contributed by atoms with E-state index in [1.807, 2.05) is 32.9 Å². The molecule has 1 saturated heterocycles. The summed E-state index contributed by atoms with van der Waals surface area (Å²) < 4.78 is 6.15. The second-order valence-corrected chi connectivity index (χ2v) is 12.2. The Kier molecular flexibility index (Phi) is 6.34. The molecule has 1 aliphatic heterocycles. The van der Waals surface area contributed by atoms with Gasteiger partial charge in [0.15, 0.2) is 5.60 Å². The van der Waals surface area contributed by atoms with Crippen LogP contribution in [0.4, 0.5) is 0 Å². The summed E-state index contributed by atoms with van der Waals surface area (Å²) in [5.74, 6) is 2.11. The number of rotatable bonds is 6. The van der Waals surface area contributed by atoms with Crippen LogP contribution in [0.3, 0.4) is 0 Å². The molecule has 2 N–H and O–H groups in total. The van der Waals surface area contributed by atoms with Gasteiger partial charge in [-0.05, 0) is 107 Å². The predicted molar refractivity (Wildman–Crippen MR) is 132 cm³/mol. The van der Waals surface area contributed by atoms with Crippen LogP contribution in [0.25, 0.3) is 0 Å². The van der Waals surface area contributed by atoms with Crippen LogP contribution >= 0.6 is 11.6 Å². The molecule has 2 amide bonds. The third kappa shape index (κ3) is 4.56. The van der Waals surface area contributed by atoms with E-state index in [4.69, 9.17) is 16.3 Å². The zero-order chi connectivity index (χ0) is 24.1. The van der Waals surface area contributed by atoms with Crippen LogP contribution in [0.15, 0.2) is 18.2 Å². The lowest BCUT2D eigenvalue weighted by Gasteiger charge is -2.59. The average Bonchev–Trinajstić information content (AvgIpc) is 2.78. The Bertz CT molecular complexity index is 942. The Balaban J connectivity index is 1.25. The van der Waals surface area contributed by atoms with Gasteiger partial charge in [-0.25, -0.2) is 5.01 Å². The number of hydrogen-bond donors (Lipinski definition) is 2. The molecule has 6 nitrogen and oxygen atoms in total. The summed E-state index contributed by atoms with van der Waals surface area (Å²) in [5, 5.41) is 6.14. The van der Waals surface area contributed by atoms with E-state index in [9.17, 15) is 9.59 Å². The van der Waals surface area contributed by atoms with Crippen LogP contribution < -0.4 is 15.5 Å². The highest BCUT2D eigenvalue weighted by molar-refractivity contribution is 6.30. The second-order valence-electron chi connectivity index (χ2n) is 11.8. The Morgan fingerprint density at radius 3 is 2.41 bits per heavy atom. The highest BCUT2D eigenvalue weighted by atomic mass is 35.5. The first-order chi connectivity index (χ1) is 16.1. The standard InChI is InChI=1S/C27H38ClN3O3/c1-17-11-21(28)7-8-22(17)34-26(2,3)24(32)29-23-19-12-18-13-20(23)16-27(14-18,15-19)25(33)30-31-9-5-4-6-10-31/h7-8,11,18-20,23H,4-6,9-10,12-16H2,1-3H3,(H,29,32)(H,30,33)/t18?,19-,20+,23+,27+. The molecule has 4 aliphatic carbocycles. The topological polar surface area (TPSA) is 70.7 Å². The van der Waals surface area contributed by atoms with E-state index >= 15 is 0 Å². The molecule has 5 aliphatic rings. The van der Waals surface area contributed by atoms with Crippen molar-refractivity contribution in [2.75, 3.05) is 13.1 Å². The summed E-state index contributed by atoms with van der Waals surface area (Å²) in [5.41, 5.74) is 2.91. The molecule has 1 aromatic rings. The maximum Gasteiger partial charge on any atom is 0.263 e. The first-order valence-corrected chi connectivity index (χ1v) is 13.4. The van der Waals surface area contributed by atoms with Crippen molar-refractivity contribution in [1.29, 1.82) is 0 Å². The minimum atomic E-state index is -1.00. The SMILES string of the molecule is Cc1cc(Cl)ccc1OC(C)(C)C(=O)N[C@H]1[C@@H]2CC3C[C@H]1C[C@](C(=O)NN1CCCCC1)(C3)C2. The van der Waals surface area contributed by atoms with Gasteiger partial charge >= 0.3 is 0 Å². The monoisotopic (exact) mass is 487 g/mol. The van der Waals surface area contributed by atoms with Gasteiger partial charge in [0.25, 0.3) is 5.91 Å². The van der Waals surface area contributed by atoms with E-state index in [1.165, 1.54) is 6.42 Å². The van der Waals surface area contributed by atoms with E-state index < -0.39 is 5.60 Å². The van der Waals surface area contributed by atoms with Crippen LogP contribution in [0, 0.1) is 30.1 Å². The summed E-state index contributed by atoms with van der Waals surface area (Å²) >= 11 is 6.07. The van der Waals surface area contributed by atoms with Crippen molar-refractivity contribution in [3.05, 3.63) is 28.8 Å². The van der Waals surface area contributed by atoms with Crippen molar-refractivity contribution < 1.29 is 14.3 Å². The first kappa shape index (κ1) is 23.9. The van der Waals surface area contributed by atoms with Crippen molar-refractivity contribution >= 4 is 23.4 Å². The second kappa shape index (κ2) is 9.02. The highest BCUT2D eigenvalue weighted by Gasteiger charge is 2.59. The molecular formula is C27H38ClN3O3. The number of hydrogen-bond acceptors (Lipinski definition) is 4. The van der Waals surface area contributed by atoms with Gasteiger partial charge in [0, 0.05) is 24.2 Å². The maximum atomic E-state index is 13.4. The number of halogens is 1. The van der Waals surface area contributed by atoms with Gasteiger partial charge in [-0.15, -0.1) is 0 Å². The van der Waals surface area contributed by atoms with Gasteiger partial charge in [0.1, 0.15) is 5.75 Å². The molecule has 1 unspecified atom stereocenters. The lowest BCUT2D eigenvalue weighted by Crippen LogP contribution is -2.65. The van der Waals surface area contributed by atoms with Crippen molar-refractivity contribution in [2.45, 2.75) is 83.8 Å². The fraction of sp³-hybridized carbons (Fsp3) is 0.704. The number of hydrazine groups is 1. The molecule has 1 aromatic carbocycles. The lowest BCUT2D eigenvalue weighted by molar-refractivity contribution is -0.157. The van der Waals surface area contributed by atoms with Gasteiger partial charge in [0.2, 0.25) is 5.91 Å². The van der Waals surface area contributed by atoms with E-state index in [0.717, 1.165) is 63.6 Å². The maximum absolute atomic E-state index is 13.4. The average molecular weight is 488 g/mol. The molecule has 1 heterocycles. The summed E-state index contributed by atoms with van der Waals surface area (Å²) in [6.07, 6.45) is 8.54. The predicted octanol–water partition coefficient (Wildman–Crippen LogP) is 4.63. The van der Waals surface area contributed by atoms with Crippen molar-refractivity contribution in [3.63, 3.8) is 0 Å². The molecule has 0 aromatic heterocycles. The summed E-state index contributed by atoms with van der Waals surface area (Å²) in [4.78, 5) is 26.8. The largest absolute Gasteiger partial charge is 0.478 e. The van der Waals surface area contributed by atoms with Crippen LogP contribution in [-0.2, 0) is 9.59 Å². The highest BCUT2D eigenvalue weighted by Crippen LogP contribution is 2.60. The molecule has 4 bridgehead atoms. The third-order valence-corrected chi connectivity index (χ3v) is 8.95. The summed E-state index contributed by atoms with van der Waals surface area (Å²) in [6, 6.07) is 5.57. The van der Waals surface area contributed by atoms with Crippen LogP contribution in [0.1, 0.15) is 70.8 Å². The van der Waals surface area contributed by atoms with Gasteiger partial charge in [-0.1, -0.05) is 18.0 Å². The number of nitrogens with one attached hydrogen (secondary N) is 2. The number of carbonyl (C=O) groups excluding carboxylic acids is 2. The molecule has 186 valence electrons. The number of amides is 2. The zero-order valence-electron chi connectivity index (χ0n) is 20.7. The van der Waals surface area contributed by atoms with Crippen LogP contribution in [0.2, 0.25) is 5.02 Å². The van der Waals surface area contributed by atoms with Crippen molar-refractivity contribution in [1.82, 2.24) is 15.8 Å². The number of ether oxygens (including phenoxy) is 1. The summed E-state index contributed by atoms with van der Waals surface area (Å²) in [7, 11) is 0. The first-order valence-electron chi connectivity index (χ1n) is 13.0. The Labute approximate surface area is 208 Å². The molecule has 34 heavy (non-hydrogen) atoms. The van der Waals surface area contributed by atoms with Crippen molar-refractivity contribution in [3.8, 4) is 5.75 Å². The lowest BCUT2D eigenvalue weighted by atomic mass is 9.47. The Hall–Kier alpha value is -1.79. The molecule has 0 spiro atoms. The Morgan fingerprint density at radius 2 is 1.76 bits per heavy atom. The molecular weight excluding hydrogens is 450 g/mol. The summed E-state index contributed by atoms with van der Waals surface area (Å²) in [6.45, 7) is 7.49. The molecule has 5 atom stereocenters. The van der Waals surface area contributed by atoms with Gasteiger partial charge in [-0.2, -0.15) is 0 Å². The number of carbonyl (C=O) groups is 2. The normalized spacial score (nSPS) is 32.9. The van der Waals surface area contributed by atoms with Gasteiger partial charge in [-0.3, -0.25) is 15.0 Å². The van der Waals surface area contributed by atoms with E-state index in [2.05, 4.69) is 15.8 Å². The minimum Gasteiger partial charge on any atom is -0.478 e. The Morgan fingerprint density at radius 1 is 1.09 bits per heavy atom. The quantitative estimate of drug-likeness (QED) is 0.613. The van der Waals surface area contributed by atoms with Gasteiger partial charge < -0.3 is 10.1 Å². The third-order valence-electron chi connectivity index (χ3n) is 8.72. The fourth-order valence-corrected chi connectivity index (χ4v) is 7.41. The van der Waals surface area contributed by atoms with E-state index in [1.54, 1.807) is 6.07 Å². The van der Waals surface area contributed by atoms with Gasteiger partial charge in [0.05, 0.1) is 5.41 Å². The van der Waals surface area contributed by atoms with Crippen LogP contribution in [-0.4, -0.2) is 41.6 Å². The van der Waals surface area contributed by atoms with E-state index in [-0.39, 0.29) is 23.3 Å². The van der Waals surface area contributed by atoms with Crippen LogP contribution in [0.5, 0.6) is 5.75 Å². The molecule has 5 fully saturated rings. The van der Waals surface area contributed by atoms with E-state index in [0.29, 0.717) is 28.5 Å². The number of aryl methyl sites for hydroxylation is 1. The minimum absolute atomic E-state index is 0.0915. The van der Waals surface area contributed by atoms with Crippen molar-refractivity contribution in [2.24, 2.45) is 23.2 Å². The molecule has 4 saturated carbocycles. The number of piperidine rings is 1. The smallest absolute Gasteiger partial charge is 0.263 e. The fourth-order valence-electron chi connectivity index (χ4n) is 7.18. The zero-order valence-corrected chi connectivity index (χ0v) is 21.4. The number of benzene rings is 1. The molecule has 6 rings (SSSR count).